The van der Waals surface area contributed by atoms with Gasteiger partial charge in [0.25, 0.3) is 0 Å². The number of hydrogen-bond acceptors (Lipinski definition) is 2. The van der Waals surface area contributed by atoms with E-state index in [2.05, 4.69) is 5.32 Å². The van der Waals surface area contributed by atoms with Gasteiger partial charge in [-0.3, -0.25) is 4.79 Å². The van der Waals surface area contributed by atoms with Crippen molar-refractivity contribution in [2.75, 3.05) is 13.1 Å². The zero-order valence-electron chi connectivity index (χ0n) is 10.4. The van der Waals surface area contributed by atoms with Gasteiger partial charge in [0, 0.05) is 11.6 Å². The molecule has 1 saturated carbocycles. The molecule has 1 aromatic carbocycles. The Bertz CT molecular complexity index is 412. The molecule has 1 aliphatic carbocycles. The molecule has 1 amide bonds. The standard InChI is InChI=1S/C14H19ClN2O/c15-12-5-3-11(4-6-12)14(7-1-8-14)13(18)17-10-2-9-16/h3-6H,1-2,7-10,16H2,(H,17,18). The number of amides is 1. The minimum absolute atomic E-state index is 0.129. The monoisotopic (exact) mass is 266 g/mol. The molecule has 0 heterocycles. The zero-order chi connectivity index (χ0) is 13.0. The topological polar surface area (TPSA) is 55.1 Å². The fourth-order valence-corrected chi connectivity index (χ4v) is 2.55. The summed E-state index contributed by atoms with van der Waals surface area (Å²) in [5.74, 6) is 0.129. The lowest BCUT2D eigenvalue weighted by atomic mass is 9.64. The van der Waals surface area contributed by atoms with Gasteiger partial charge in [-0.2, -0.15) is 0 Å². The number of halogens is 1. The predicted molar refractivity (Wildman–Crippen MR) is 73.7 cm³/mol. The van der Waals surface area contributed by atoms with Crippen LogP contribution in [0, 0.1) is 0 Å². The van der Waals surface area contributed by atoms with Crippen LogP contribution in [-0.2, 0) is 10.2 Å². The van der Waals surface area contributed by atoms with Crippen LogP contribution in [0.3, 0.4) is 0 Å². The summed E-state index contributed by atoms with van der Waals surface area (Å²) in [6.45, 7) is 1.26. The molecule has 18 heavy (non-hydrogen) atoms. The lowest BCUT2D eigenvalue weighted by Crippen LogP contribution is -2.49. The van der Waals surface area contributed by atoms with E-state index in [-0.39, 0.29) is 11.3 Å². The highest BCUT2D eigenvalue weighted by Gasteiger charge is 2.45. The van der Waals surface area contributed by atoms with Crippen molar-refractivity contribution in [1.82, 2.24) is 5.32 Å². The maximum Gasteiger partial charge on any atom is 0.230 e. The Kier molecular flexibility index (Phi) is 4.25. The van der Waals surface area contributed by atoms with E-state index < -0.39 is 0 Å². The molecular weight excluding hydrogens is 248 g/mol. The molecule has 0 atom stereocenters. The summed E-state index contributed by atoms with van der Waals surface area (Å²) in [5.41, 5.74) is 6.17. The summed E-state index contributed by atoms with van der Waals surface area (Å²) >= 11 is 5.89. The van der Waals surface area contributed by atoms with Gasteiger partial charge in [-0.1, -0.05) is 30.2 Å². The SMILES string of the molecule is NCCCNC(=O)C1(c2ccc(Cl)cc2)CCC1. The van der Waals surface area contributed by atoms with Crippen LogP contribution in [0.1, 0.15) is 31.2 Å². The van der Waals surface area contributed by atoms with Gasteiger partial charge >= 0.3 is 0 Å². The molecule has 0 radical (unpaired) electrons. The quantitative estimate of drug-likeness (QED) is 0.803. The molecule has 4 heteroatoms. The van der Waals surface area contributed by atoms with Gasteiger partial charge in [-0.05, 0) is 43.5 Å². The van der Waals surface area contributed by atoms with Crippen molar-refractivity contribution < 1.29 is 4.79 Å². The molecule has 0 bridgehead atoms. The first-order valence-corrected chi connectivity index (χ1v) is 6.81. The van der Waals surface area contributed by atoms with Crippen molar-refractivity contribution in [2.24, 2.45) is 5.73 Å². The van der Waals surface area contributed by atoms with E-state index in [4.69, 9.17) is 17.3 Å². The number of nitrogens with two attached hydrogens (primary N) is 1. The van der Waals surface area contributed by atoms with Gasteiger partial charge in [0.05, 0.1) is 5.41 Å². The predicted octanol–water partition coefficient (Wildman–Crippen LogP) is 2.23. The molecule has 0 saturated heterocycles. The van der Waals surface area contributed by atoms with E-state index in [1.807, 2.05) is 24.3 Å². The summed E-state index contributed by atoms with van der Waals surface area (Å²) in [6.07, 6.45) is 3.77. The molecular formula is C14H19ClN2O. The van der Waals surface area contributed by atoms with Crippen molar-refractivity contribution in [3.05, 3.63) is 34.9 Å². The van der Waals surface area contributed by atoms with E-state index in [1.54, 1.807) is 0 Å². The summed E-state index contributed by atoms with van der Waals surface area (Å²) < 4.78 is 0. The molecule has 1 aromatic rings. The van der Waals surface area contributed by atoms with Crippen LogP contribution in [0.15, 0.2) is 24.3 Å². The Morgan fingerprint density at radius 3 is 2.50 bits per heavy atom. The molecule has 0 spiro atoms. The third-order valence-corrected chi connectivity index (χ3v) is 3.96. The lowest BCUT2D eigenvalue weighted by molar-refractivity contribution is -0.129. The number of carbonyl (C=O) groups is 1. The molecule has 1 fully saturated rings. The molecule has 3 N–H and O–H groups in total. The first-order chi connectivity index (χ1) is 8.69. The molecule has 98 valence electrons. The van der Waals surface area contributed by atoms with Crippen LogP contribution < -0.4 is 11.1 Å². The Morgan fingerprint density at radius 1 is 1.33 bits per heavy atom. The van der Waals surface area contributed by atoms with E-state index in [0.717, 1.165) is 31.2 Å². The minimum atomic E-state index is -0.334. The van der Waals surface area contributed by atoms with E-state index >= 15 is 0 Å². The fourth-order valence-electron chi connectivity index (χ4n) is 2.42. The molecule has 1 aliphatic rings. The lowest BCUT2D eigenvalue weighted by Gasteiger charge is -2.40. The second-order valence-electron chi connectivity index (χ2n) is 4.84. The maximum absolute atomic E-state index is 12.3. The average Bonchev–Trinajstić information content (AvgIpc) is 2.30. The minimum Gasteiger partial charge on any atom is -0.355 e. The Hall–Kier alpha value is -1.06. The summed E-state index contributed by atoms with van der Waals surface area (Å²) in [6, 6.07) is 7.63. The highest BCUT2D eigenvalue weighted by molar-refractivity contribution is 6.30. The Balaban J connectivity index is 2.10. The van der Waals surface area contributed by atoms with Crippen LogP contribution in [-0.4, -0.2) is 19.0 Å². The molecule has 3 nitrogen and oxygen atoms in total. The Labute approximate surface area is 113 Å². The van der Waals surface area contributed by atoms with Crippen LogP contribution in [0.5, 0.6) is 0 Å². The summed E-state index contributed by atoms with van der Waals surface area (Å²) in [5, 5.41) is 3.69. The number of rotatable bonds is 5. The maximum atomic E-state index is 12.3. The van der Waals surface area contributed by atoms with Gasteiger partial charge in [0.15, 0.2) is 0 Å². The van der Waals surface area contributed by atoms with Gasteiger partial charge < -0.3 is 11.1 Å². The summed E-state index contributed by atoms with van der Waals surface area (Å²) in [4.78, 5) is 12.3. The highest BCUT2D eigenvalue weighted by Crippen LogP contribution is 2.44. The van der Waals surface area contributed by atoms with Gasteiger partial charge in [0.2, 0.25) is 5.91 Å². The van der Waals surface area contributed by atoms with Crippen molar-refractivity contribution >= 4 is 17.5 Å². The van der Waals surface area contributed by atoms with Gasteiger partial charge in [-0.25, -0.2) is 0 Å². The third kappa shape index (κ3) is 2.52. The molecule has 2 rings (SSSR count). The first-order valence-electron chi connectivity index (χ1n) is 6.43. The highest BCUT2D eigenvalue weighted by atomic mass is 35.5. The van der Waals surface area contributed by atoms with Crippen LogP contribution in [0.25, 0.3) is 0 Å². The second-order valence-corrected chi connectivity index (χ2v) is 5.28. The second kappa shape index (κ2) is 5.72. The number of nitrogens with one attached hydrogen (secondary N) is 1. The average molecular weight is 267 g/mol. The zero-order valence-corrected chi connectivity index (χ0v) is 11.2. The third-order valence-electron chi connectivity index (χ3n) is 3.71. The molecule has 0 aromatic heterocycles. The molecule has 0 aliphatic heterocycles. The smallest absolute Gasteiger partial charge is 0.230 e. The van der Waals surface area contributed by atoms with Crippen molar-refractivity contribution in [1.29, 1.82) is 0 Å². The fraction of sp³-hybridized carbons (Fsp3) is 0.500. The molecule has 0 unspecified atom stereocenters. The first kappa shape index (κ1) is 13.4. The number of hydrogen-bond donors (Lipinski definition) is 2. The van der Waals surface area contributed by atoms with Crippen LogP contribution >= 0.6 is 11.6 Å². The van der Waals surface area contributed by atoms with Crippen LogP contribution in [0.2, 0.25) is 5.02 Å². The Morgan fingerprint density at radius 2 is 2.00 bits per heavy atom. The summed E-state index contributed by atoms with van der Waals surface area (Å²) in [7, 11) is 0. The number of carbonyl (C=O) groups excluding carboxylic acids is 1. The van der Waals surface area contributed by atoms with E-state index in [0.29, 0.717) is 18.1 Å². The van der Waals surface area contributed by atoms with E-state index in [9.17, 15) is 4.79 Å². The van der Waals surface area contributed by atoms with Gasteiger partial charge in [0.1, 0.15) is 0 Å². The van der Waals surface area contributed by atoms with Crippen molar-refractivity contribution in [2.45, 2.75) is 31.1 Å². The normalized spacial score (nSPS) is 17.0. The van der Waals surface area contributed by atoms with Crippen molar-refractivity contribution in [3.63, 3.8) is 0 Å². The van der Waals surface area contributed by atoms with Crippen molar-refractivity contribution in [3.8, 4) is 0 Å². The van der Waals surface area contributed by atoms with E-state index in [1.165, 1.54) is 0 Å². The largest absolute Gasteiger partial charge is 0.355 e. The van der Waals surface area contributed by atoms with Crippen LogP contribution in [0.4, 0.5) is 0 Å². The number of benzene rings is 1. The van der Waals surface area contributed by atoms with Gasteiger partial charge in [-0.15, -0.1) is 0 Å².